The number of ether oxygens (including phenoxy) is 1. The van der Waals surface area contributed by atoms with Crippen LogP contribution in [0.15, 0.2) is 58.7 Å². The number of carbonyl (C=O) groups excluding carboxylic acids is 2. The molecule has 3 N–H and O–H groups in total. The number of fused-ring (bicyclic) bond motifs is 1. The highest BCUT2D eigenvalue weighted by Gasteiger charge is 2.35. The van der Waals surface area contributed by atoms with Crippen LogP contribution in [0, 0.1) is 0 Å². The Bertz CT molecular complexity index is 1070. The maximum Gasteiger partial charge on any atom is 0.573 e. The van der Waals surface area contributed by atoms with E-state index in [0.717, 1.165) is 10.5 Å². The van der Waals surface area contributed by atoms with Gasteiger partial charge in [-0.2, -0.15) is 0 Å². The number of rotatable bonds is 8. The number of carbonyl (C=O) groups is 3. The molecule has 1 aliphatic heterocycles. The van der Waals surface area contributed by atoms with Crippen molar-refractivity contribution in [3.8, 4) is 0 Å². The second-order valence-electron chi connectivity index (χ2n) is 7.45. The number of aromatic carboxylic acids is 1. The molecule has 1 aromatic rings. The molecular formula is C22H21F3N2O6S. The summed E-state index contributed by atoms with van der Waals surface area (Å²) in [6, 6.07) is 4.27. The number of anilines is 1. The third kappa shape index (κ3) is 6.64. The van der Waals surface area contributed by atoms with Crippen molar-refractivity contribution in [2.45, 2.75) is 42.2 Å². The Morgan fingerprint density at radius 3 is 2.68 bits per heavy atom. The van der Waals surface area contributed by atoms with Crippen molar-refractivity contribution >= 4 is 35.2 Å². The van der Waals surface area contributed by atoms with Gasteiger partial charge in [-0.1, -0.05) is 17.7 Å². The van der Waals surface area contributed by atoms with E-state index in [1.165, 1.54) is 41.5 Å². The molecule has 1 aromatic carbocycles. The second kappa shape index (κ2) is 10.8. The number of nitrogens with zero attached hydrogens (tertiary/aromatic N) is 1. The van der Waals surface area contributed by atoms with Crippen LogP contribution in [0.2, 0.25) is 0 Å². The summed E-state index contributed by atoms with van der Waals surface area (Å²) in [5, 5.41) is 17.6. The number of alkyl halides is 3. The summed E-state index contributed by atoms with van der Waals surface area (Å²) < 4.78 is 41.1. The van der Waals surface area contributed by atoms with E-state index in [1.54, 1.807) is 18.2 Å². The summed E-state index contributed by atoms with van der Waals surface area (Å²) in [4.78, 5) is 37.9. The van der Waals surface area contributed by atoms with Gasteiger partial charge in [0.15, 0.2) is 0 Å². The lowest BCUT2D eigenvalue weighted by Gasteiger charge is -2.33. The summed E-state index contributed by atoms with van der Waals surface area (Å²) in [6.45, 7) is -0.482. The predicted octanol–water partition coefficient (Wildman–Crippen LogP) is 4.17. The van der Waals surface area contributed by atoms with E-state index < -0.39 is 35.9 Å². The first kappa shape index (κ1) is 25.4. The third-order valence-electron chi connectivity index (χ3n) is 5.06. The maximum absolute atomic E-state index is 13.1. The van der Waals surface area contributed by atoms with Gasteiger partial charge in [-0.3, -0.25) is 14.8 Å². The van der Waals surface area contributed by atoms with Gasteiger partial charge < -0.3 is 14.7 Å². The highest BCUT2D eigenvalue weighted by atomic mass is 32.2. The summed E-state index contributed by atoms with van der Waals surface area (Å²) in [7, 11) is 0. The molecular weight excluding hydrogens is 477 g/mol. The summed E-state index contributed by atoms with van der Waals surface area (Å²) in [5.41, 5.74) is 2.49. The predicted molar refractivity (Wildman–Crippen MR) is 116 cm³/mol. The molecule has 1 heterocycles. The fourth-order valence-electron chi connectivity index (χ4n) is 3.52. The number of carboxylic acids is 1. The molecule has 3 rings (SSSR count). The average molecular weight is 498 g/mol. The summed E-state index contributed by atoms with van der Waals surface area (Å²) >= 11 is 1.25. The molecule has 0 bridgehead atoms. The van der Waals surface area contributed by atoms with Crippen molar-refractivity contribution in [2.24, 2.45) is 0 Å². The molecule has 2 aliphatic rings. The normalized spacial score (nSPS) is 17.9. The lowest BCUT2D eigenvalue weighted by molar-refractivity contribution is -0.303. The molecule has 0 aromatic heterocycles. The average Bonchev–Trinajstić information content (AvgIpc) is 2.99. The minimum absolute atomic E-state index is 0.0467. The van der Waals surface area contributed by atoms with Gasteiger partial charge in [0, 0.05) is 4.90 Å². The first-order chi connectivity index (χ1) is 16.1. The molecule has 1 atom stereocenters. The topological polar surface area (TPSA) is 116 Å². The lowest BCUT2D eigenvalue weighted by atomic mass is 10.0. The molecule has 182 valence electrons. The minimum Gasteiger partial charge on any atom is -0.478 e. The van der Waals surface area contributed by atoms with E-state index in [-0.39, 0.29) is 23.4 Å². The van der Waals surface area contributed by atoms with E-state index in [4.69, 9.17) is 5.21 Å². The van der Waals surface area contributed by atoms with Gasteiger partial charge in [0.25, 0.3) is 5.91 Å². The van der Waals surface area contributed by atoms with Crippen LogP contribution in [0.4, 0.5) is 18.9 Å². The SMILES string of the molecule is O=C(CN1C(=O)C(CCCC2=CCC=C(OC(F)(F)F)C=C2)Sc2ccc(C(=O)O)cc21)NO. The van der Waals surface area contributed by atoms with Crippen LogP contribution in [0.3, 0.4) is 0 Å². The molecule has 0 radical (unpaired) electrons. The van der Waals surface area contributed by atoms with Crippen LogP contribution in [-0.2, 0) is 14.3 Å². The van der Waals surface area contributed by atoms with Gasteiger partial charge in [0.2, 0.25) is 5.91 Å². The zero-order chi connectivity index (χ0) is 24.9. The number of amides is 2. The van der Waals surface area contributed by atoms with Crippen LogP contribution in [-0.4, -0.2) is 46.3 Å². The van der Waals surface area contributed by atoms with E-state index in [1.807, 2.05) is 0 Å². The van der Waals surface area contributed by atoms with E-state index in [2.05, 4.69) is 4.74 Å². The van der Waals surface area contributed by atoms with Crippen LogP contribution >= 0.6 is 11.8 Å². The Balaban J connectivity index is 1.67. The molecule has 12 heteroatoms. The highest BCUT2D eigenvalue weighted by Crippen LogP contribution is 2.41. The van der Waals surface area contributed by atoms with Gasteiger partial charge in [-0.25, -0.2) is 10.3 Å². The van der Waals surface area contributed by atoms with Crippen LogP contribution < -0.4 is 10.4 Å². The Morgan fingerprint density at radius 2 is 2.00 bits per heavy atom. The van der Waals surface area contributed by atoms with Gasteiger partial charge in [0.05, 0.1) is 16.5 Å². The van der Waals surface area contributed by atoms with Gasteiger partial charge >= 0.3 is 12.3 Å². The standard InChI is InChI=1S/C22H21F3N2O6S/c23-22(24,25)33-15-5-1-3-13(7-9-15)4-2-6-18-20(29)27(12-19(28)26-32)16-11-14(21(30)31)8-10-17(16)34-18/h3,5,7-11,18,32H,1-2,4,6,12H2,(H,26,28)(H,30,31). The number of hydrogen-bond acceptors (Lipinski definition) is 6. The first-order valence-electron chi connectivity index (χ1n) is 10.2. The molecule has 1 aliphatic carbocycles. The Hall–Kier alpha value is -3.25. The number of benzene rings is 1. The number of thioether (sulfide) groups is 1. The van der Waals surface area contributed by atoms with E-state index in [9.17, 15) is 32.7 Å². The Kier molecular flexibility index (Phi) is 8.05. The van der Waals surface area contributed by atoms with Gasteiger partial charge in [0.1, 0.15) is 12.3 Å². The van der Waals surface area contributed by atoms with Crippen molar-refractivity contribution in [2.75, 3.05) is 11.4 Å². The smallest absolute Gasteiger partial charge is 0.478 e. The van der Waals surface area contributed by atoms with E-state index in [0.29, 0.717) is 24.2 Å². The molecule has 0 spiro atoms. The van der Waals surface area contributed by atoms with Crippen molar-refractivity contribution in [1.29, 1.82) is 0 Å². The summed E-state index contributed by atoms with van der Waals surface area (Å²) in [6.07, 6.45) is 2.86. The molecule has 8 nitrogen and oxygen atoms in total. The fourth-order valence-corrected chi connectivity index (χ4v) is 4.78. The maximum atomic E-state index is 13.1. The van der Waals surface area contributed by atoms with Crippen LogP contribution in [0.5, 0.6) is 0 Å². The number of hydroxylamine groups is 1. The quantitative estimate of drug-likeness (QED) is 0.364. The fraction of sp³-hybridized carbons (Fsp3) is 0.318. The Labute approximate surface area is 196 Å². The number of allylic oxidation sites excluding steroid dienone is 5. The number of carboxylic acid groups (broad SMARTS) is 1. The van der Waals surface area contributed by atoms with Crippen LogP contribution in [0.1, 0.15) is 36.0 Å². The van der Waals surface area contributed by atoms with Crippen molar-refractivity contribution in [1.82, 2.24) is 5.48 Å². The first-order valence-corrected chi connectivity index (χ1v) is 11.1. The largest absolute Gasteiger partial charge is 0.573 e. The zero-order valence-corrected chi connectivity index (χ0v) is 18.5. The highest BCUT2D eigenvalue weighted by molar-refractivity contribution is 8.01. The van der Waals surface area contributed by atoms with Crippen molar-refractivity contribution < 1.29 is 42.6 Å². The minimum atomic E-state index is -4.76. The van der Waals surface area contributed by atoms with Crippen molar-refractivity contribution in [3.05, 3.63) is 59.4 Å². The molecule has 0 fully saturated rings. The monoisotopic (exact) mass is 498 g/mol. The van der Waals surface area contributed by atoms with Crippen LogP contribution in [0.25, 0.3) is 0 Å². The molecule has 0 saturated heterocycles. The molecule has 1 unspecified atom stereocenters. The molecule has 2 amide bonds. The molecule has 0 saturated carbocycles. The number of halogens is 3. The Morgan fingerprint density at radius 1 is 1.24 bits per heavy atom. The van der Waals surface area contributed by atoms with Gasteiger partial charge in [-0.15, -0.1) is 24.9 Å². The number of hydrogen-bond donors (Lipinski definition) is 3. The van der Waals surface area contributed by atoms with Gasteiger partial charge in [-0.05, 0) is 56.0 Å². The number of nitrogens with one attached hydrogen (secondary N) is 1. The lowest BCUT2D eigenvalue weighted by Crippen LogP contribution is -2.46. The van der Waals surface area contributed by atoms with E-state index >= 15 is 0 Å². The second-order valence-corrected chi connectivity index (χ2v) is 8.69. The summed E-state index contributed by atoms with van der Waals surface area (Å²) in [5.74, 6) is -2.70. The van der Waals surface area contributed by atoms with Crippen molar-refractivity contribution in [3.63, 3.8) is 0 Å². The molecule has 34 heavy (non-hydrogen) atoms. The third-order valence-corrected chi connectivity index (χ3v) is 6.38. The zero-order valence-electron chi connectivity index (χ0n) is 17.7.